The van der Waals surface area contributed by atoms with Gasteiger partial charge < -0.3 is 9.15 Å². The number of benzene rings is 2. The molecule has 2 aromatic carbocycles. The number of rotatable bonds is 4. The number of hydrogen-bond donors (Lipinski definition) is 0. The fourth-order valence-corrected chi connectivity index (χ4v) is 2.96. The van der Waals surface area contributed by atoms with Gasteiger partial charge in [-0.2, -0.15) is 0 Å². The second kappa shape index (κ2) is 6.33. The highest BCUT2D eigenvalue weighted by Gasteiger charge is 2.16. The summed E-state index contributed by atoms with van der Waals surface area (Å²) in [5.74, 6) is 2.88. The predicted octanol–water partition coefficient (Wildman–Crippen LogP) is 5.47. The van der Waals surface area contributed by atoms with Crippen LogP contribution >= 0.6 is 0 Å². The van der Waals surface area contributed by atoms with Crippen LogP contribution in [0.5, 0.6) is 5.75 Å². The summed E-state index contributed by atoms with van der Waals surface area (Å²) in [7, 11) is 1.69. The first kappa shape index (κ1) is 15.4. The van der Waals surface area contributed by atoms with Crippen molar-refractivity contribution < 1.29 is 9.15 Å². The molecule has 0 unspecified atom stereocenters. The van der Waals surface area contributed by atoms with E-state index < -0.39 is 0 Å². The molecule has 0 radical (unpaired) electrons. The Hall–Kier alpha value is -2.48. The molecule has 3 aromatic rings. The number of methoxy groups -OCH3 is 1. The molecule has 1 heterocycles. The molecule has 0 saturated heterocycles. The molecule has 2 heteroatoms. The van der Waals surface area contributed by atoms with Crippen molar-refractivity contribution >= 4 is 0 Å². The van der Waals surface area contributed by atoms with E-state index in [1.54, 1.807) is 7.11 Å². The minimum atomic E-state index is 0.803. The largest absolute Gasteiger partial charge is 0.497 e. The molecule has 0 N–H and O–H groups in total. The zero-order valence-electron chi connectivity index (χ0n) is 14.1. The molecule has 0 saturated carbocycles. The lowest BCUT2D eigenvalue weighted by Crippen LogP contribution is -1.91. The SMILES string of the molecule is COc1ccc(-c2c(Cc3cccc(C)c3)oc(C)c2C)cc1. The Labute approximate surface area is 137 Å². The van der Waals surface area contributed by atoms with Crippen LogP contribution in [0.25, 0.3) is 11.1 Å². The van der Waals surface area contributed by atoms with E-state index in [-0.39, 0.29) is 0 Å². The lowest BCUT2D eigenvalue weighted by Gasteiger charge is -2.07. The monoisotopic (exact) mass is 306 g/mol. The van der Waals surface area contributed by atoms with Crippen LogP contribution in [0.15, 0.2) is 52.9 Å². The molecule has 1 aromatic heterocycles. The third-order valence-electron chi connectivity index (χ3n) is 4.28. The van der Waals surface area contributed by atoms with Gasteiger partial charge in [0.1, 0.15) is 17.3 Å². The fraction of sp³-hybridized carbons (Fsp3) is 0.238. The van der Waals surface area contributed by atoms with Gasteiger partial charge in [0.15, 0.2) is 0 Å². The van der Waals surface area contributed by atoms with Gasteiger partial charge in [0.2, 0.25) is 0 Å². The highest BCUT2D eigenvalue weighted by atomic mass is 16.5. The molecule has 0 aliphatic rings. The predicted molar refractivity (Wildman–Crippen MR) is 94.2 cm³/mol. The first-order valence-corrected chi connectivity index (χ1v) is 7.87. The minimum Gasteiger partial charge on any atom is -0.497 e. The van der Waals surface area contributed by atoms with Crippen LogP contribution in [0.1, 0.15) is 28.2 Å². The van der Waals surface area contributed by atoms with Crippen LogP contribution in [0, 0.1) is 20.8 Å². The molecule has 0 aliphatic heterocycles. The van der Waals surface area contributed by atoms with Crippen LogP contribution in [0.3, 0.4) is 0 Å². The van der Waals surface area contributed by atoms with E-state index >= 15 is 0 Å². The van der Waals surface area contributed by atoms with Crippen LogP contribution in [-0.2, 0) is 6.42 Å². The summed E-state index contributed by atoms with van der Waals surface area (Å²) in [6.45, 7) is 6.27. The molecular weight excluding hydrogens is 284 g/mol. The molecule has 0 amide bonds. The maximum atomic E-state index is 6.07. The lowest BCUT2D eigenvalue weighted by atomic mass is 9.97. The van der Waals surface area contributed by atoms with E-state index in [1.165, 1.54) is 27.8 Å². The molecule has 0 spiro atoms. The smallest absolute Gasteiger partial charge is 0.118 e. The highest BCUT2D eigenvalue weighted by Crippen LogP contribution is 2.34. The summed E-state index contributed by atoms with van der Waals surface area (Å²) in [6.07, 6.45) is 0.803. The number of hydrogen-bond acceptors (Lipinski definition) is 2. The Kier molecular flexibility index (Phi) is 4.24. The van der Waals surface area contributed by atoms with Crippen LogP contribution < -0.4 is 4.74 Å². The number of ether oxygens (including phenoxy) is 1. The van der Waals surface area contributed by atoms with Gasteiger partial charge >= 0.3 is 0 Å². The zero-order valence-corrected chi connectivity index (χ0v) is 14.1. The van der Waals surface area contributed by atoms with Crippen molar-refractivity contribution in [3.8, 4) is 16.9 Å². The quantitative estimate of drug-likeness (QED) is 0.637. The topological polar surface area (TPSA) is 22.4 Å². The first-order chi connectivity index (χ1) is 11.1. The lowest BCUT2D eigenvalue weighted by molar-refractivity contribution is 0.415. The standard InChI is InChI=1S/C21H22O2/c1-14-6-5-7-17(12-14)13-20-21(15(2)16(3)23-20)18-8-10-19(22-4)11-9-18/h5-12H,13H2,1-4H3. The number of aryl methyl sites for hydroxylation is 2. The molecule has 2 nitrogen and oxygen atoms in total. The highest BCUT2D eigenvalue weighted by molar-refractivity contribution is 5.71. The molecule has 0 fully saturated rings. The van der Waals surface area contributed by atoms with E-state index in [1.807, 2.05) is 19.1 Å². The second-order valence-electron chi connectivity index (χ2n) is 5.98. The van der Waals surface area contributed by atoms with Gasteiger partial charge in [-0.05, 0) is 49.6 Å². The van der Waals surface area contributed by atoms with Gasteiger partial charge in [-0.3, -0.25) is 0 Å². The van der Waals surface area contributed by atoms with Gasteiger partial charge in [0.25, 0.3) is 0 Å². The normalized spacial score (nSPS) is 10.8. The Morgan fingerprint density at radius 2 is 1.70 bits per heavy atom. The average Bonchev–Trinajstić information content (AvgIpc) is 2.82. The van der Waals surface area contributed by atoms with Crippen molar-refractivity contribution in [1.29, 1.82) is 0 Å². The molecule has 23 heavy (non-hydrogen) atoms. The molecular formula is C21H22O2. The summed E-state index contributed by atoms with van der Waals surface area (Å²) in [5.41, 5.74) is 6.12. The van der Waals surface area contributed by atoms with Gasteiger partial charge in [-0.15, -0.1) is 0 Å². The van der Waals surface area contributed by atoms with Crippen molar-refractivity contribution in [2.24, 2.45) is 0 Å². The van der Waals surface area contributed by atoms with Crippen molar-refractivity contribution in [2.45, 2.75) is 27.2 Å². The van der Waals surface area contributed by atoms with Crippen molar-refractivity contribution in [3.63, 3.8) is 0 Å². The summed E-state index contributed by atoms with van der Waals surface area (Å²) in [6, 6.07) is 16.8. The Morgan fingerprint density at radius 3 is 2.35 bits per heavy atom. The third-order valence-corrected chi connectivity index (χ3v) is 4.28. The van der Waals surface area contributed by atoms with E-state index in [0.29, 0.717) is 0 Å². The second-order valence-corrected chi connectivity index (χ2v) is 5.98. The average molecular weight is 306 g/mol. The van der Waals surface area contributed by atoms with E-state index in [4.69, 9.17) is 9.15 Å². The Balaban J connectivity index is 2.02. The summed E-state index contributed by atoms with van der Waals surface area (Å²) >= 11 is 0. The fourth-order valence-electron chi connectivity index (χ4n) is 2.96. The van der Waals surface area contributed by atoms with Crippen molar-refractivity contribution in [3.05, 3.63) is 76.7 Å². The molecule has 0 atom stereocenters. The van der Waals surface area contributed by atoms with E-state index in [9.17, 15) is 0 Å². The first-order valence-electron chi connectivity index (χ1n) is 7.87. The van der Waals surface area contributed by atoms with E-state index in [2.05, 4.69) is 50.2 Å². The van der Waals surface area contributed by atoms with Crippen molar-refractivity contribution in [1.82, 2.24) is 0 Å². The maximum Gasteiger partial charge on any atom is 0.118 e. The molecule has 3 rings (SSSR count). The van der Waals surface area contributed by atoms with Crippen LogP contribution in [0.2, 0.25) is 0 Å². The van der Waals surface area contributed by atoms with Crippen molar-refractivity contribution in [2.75, 3.05) is 7.11 Å². The maximum absolute atomic E-state index is 6.07. The molecule has 118 valence electrons. The van der Waals surface area contributed by atoms with E-state index in [0.717, 1.165) is 23.7 Å². The Morgan fingerprint density at radius 1 is 0.957 bits per heavy atom. The Bertz CT molecular complexity index is 810. The third kappa shape index (κ3) is 3.16. The zero-order chi connectivity index (χ0) is 16.4. The van der Waals surface area contributed by atoms with Crippen LogP contribution in [0.4, 0.5) is 0 Å². The molecule has 0 bridgehead atoms. The van der Waals surface area contributed by atoms with Gasteiger partial charge in [0, 0.05) is 12.0 Å². The number of furan rings is 1. The van der Waals surface area contributed by atoms with Gasteiger partial charge in [-0.25, -0.2) is 0 Å². The van der Waals surface area contributed by atoms with Gasteiger partial charge in [0.05, 0.1) is 7.11 Å². The summed E-state index contributed by atoms with van der Waals surface area (Å²) in [4.78, 5) is 0. The summed E-state index contributed by atoms with van der Waals surface area (Å²) in [5, 5.41) is 0. The molecule has 0 aliphatic carbocycles. The van der Waals surface area contributed by atoms with Gasteiger partial charge in [-0.1, -0.05) is 42.0 Å². The van der Waals surface area contributed by atoms with Crippen LogP contribution in [-0.4, -0.2) is 7.11 Å². The minimum absolute atomic E-state index is 0.803. The summed E-state index contributed by atoms with van der Waals surface area (Å²) < 4.78 is 11.3.